The second-order valence-electron chi connectivity index (χ2n) is 7.72. The fraction of sp³-hybridized carbons (Fsp3) is 0.292. The van der Waals surface area contributed by atoms with Gasteiger partial charge in [0.1, 0.15) is 5.82 Å². The van der Waals surface area contributed by atoms with E-state index in [-0.39, 0.29) is 17.9 Å². The number of fused-ring (bicyclic) bond motifs is 1. The number of carbonyl (C=O) groups is 1. The lowest BCUT2D eigenvalue weighted by atomic mass is 9.98. The van der Waals surface area contributed by atoms with Gasteiger partial charge in [0.05, 0.1) is 32.7 Å². The number of hydrogen-bond donors (Lipinski definition) is 0. The molecule has 0 atom stereocenters. The van der Waals surface area contributed by atoms with E-state index in [2.05, 4.69) is 23.2 Å². The molecule has 0 radical (unpaired) electrons. The molecule has 2 aromatic carbocycles. The van der Waals surface area contributed by atoms with E-state index in [4.69, 9.17) is 4.74 Å². The quantitative estimate of drug-likeness (QED) is 0.651. The minimum absolute atomic E-state index is 0.0518. The van der Waals surface area contributed by atoms with E-state index in [9.17, 15) is 9.59 Å². The zero-order valence-corrected chi connectivity index (χ0v) is 17.2. The monoisotopic (exact) mass is 416 g/mol. The molecule has 0 N–H and O–H groups in total. The summed E-state index contributed by atoms with van der Waals surface area (Å²) >= 11 is 0. The molecule has 7 nitrogen and oxygen atoms in total. The first-order valence-corrected chi connectivity index (χ1v) is 10.6. The van der Waals surface area contributed by atoms with Crippen LogP contribution in [0.2, 0.25) is 0 Å². The third kappa shape index (κ3) is 3.72. The molecular formula is C24H24N4O3. The van der Waals surface area contributed by atoms with Crippen molar-refractivity contribution in [1.29, 1.82) is 0 Å². The van der Waals surface area contributed by atoms with Gasteiger partial charge < -0.3 is 14.6 Å². The number of nitrogens with zero attached hydrogens (tertiary/aromatic N) is 4. The fourth-order valence-corrected chi connectivity index (χ4v) is 4.43. The summed E-state index contributed by atoms with van der Waals surface area (Å²) in [6.07, 6.45) is 2.36. The van der Waals surface area contributed by atoms with Gasteiger partial charge in [-0.1, -0.05) is 42.5 Å². The Bertz CT molecular complexity index is 1150. The molecule has 2 aliphatic rings. The van der Waals surface area contributed by atoms with Crippen LogP contribution in [0.3, 0.4) is 0 Å². The number of benzene rings is 2. The van der Waals surface area contributed by atoms with Gasteiger partial charge in [-0.15, -0.1) is 0 Å². The second kappa shape index (κ2) is 8.35. The van der Waals surface area contributed by atoms with Crippen LogP contribution in [0.5, 0.6) is 0 Å². The van der Waals surface area contributed by atoms with Crippen molar-refractivity contribution in [2.75, 3.05) is 42.8 Å². The van der Waals surface area contributed by atoms with Gasteiger partial charge in [0.2, 0.25) is 5.91 Å². The van der Waals surface area contributed by atoms with E-state index in [0.29, 0.717) is 38.7 Å². The molecule has 0 saturated carbocycles. The van der Waals surface area contributed by atoms with Gasteiger partial charge in [0.15, 0.2) is 0 Å². The summed E-state index contributed by atoms with van der Waals surface area (Å²) in [5.41, 5.74) is 4.28. The molecule has 1 saturated heterocycles. The molecule has 3 heterocycles. The number of aromatic nitrogens is 2. The maximum absolute atomic E-state index is 13.3. The fourth-order valence-electron chi connectivity index (χ4n) is 4.43. The Balaban J connectivity index is 1.43. The highest BCUT2D eigenvalue weighted by molar-refractivity contribution is 5.98. The van der Waals surface area contributed by atoms with Crippen LogP contribution in [-0.4, -0.2) is 48.4 Å². The van der Waals surface area contributed by atoms with Gasteiger partial charge in [0, 0.05) is 24.5 Å². The number of hydrogen-bond acceptors (Lipinski definition) is 5. The van der Waals surface area contributed by atoms with E-state index >= 15 is 0 Å². The van der Waals surface area contributed by atoms with Crippen LogP contribution in [0.15, 0.2) is 65.6 Å². The molecule has 158 valence electrons. The normalized spacial score (nSPS) is 15.7. The number of carbonyl (C=O) groups excluding carboxylic acids is 1. The summed E-state index contributed by atoms with van der Waals surface area (Å²) in [4.78, 5) is 32.1. The molecule has 1 aromatic heterocycles. The lowest BCUT2D eigenvalue weighted by Gasteiger charge is -2.31. The van der Waals surface area contributed by atoms with E-state index in [1.54, 1.807) is 0 Å². The molecule has 5 rings (SSSR count). The molecule has 0 aliphatic carbocycles. The summed E-state index contributed by atoms with van der Waals surface area (Å²) in [6.45, 7) is 2.93. The summed E-state index contributed by atoms with van der Waals surface area (Å²) in [6, 6.07) is 17.8. The van der Waals surface area contributed by atoms with Crippen molar-refractivity contribution in [2.45, 2.75) is 12.8 Å². The highest BCUT2D eigenvalue weighted by Crippen LogP contribution is 2.36. The summed E-state index contributed by atoms with van der Waals surface area (Å²) in [7, 11) is 0. The number of morpholine rings is 1. The zero-order chi connectivity index (χ0) is 21.2. The van der Waals surface area contributed by atoms with E-state index in [0.717, 1.165) is 23.2 Å². The zero-order valence-electron chi connectivity index (χ0n) is 17.2. The molecule has 0 unspecified atom stereocenters. The first-order chi connectivity index (χ1) is 15.2. The highest BCUT2D eigenvalue weighted by Gasteiger charge is 2.28. The van der Waals surface area contributed by atoms with Crippen LogP contribution < -0.4 is 15.5 Å². The second-order valence-corrected chi connectivity index (χ2v) is 7.72. The van der Waals surface area contributed by atoms with Crippen molar-refractivity contribution in [3.05, 3.63) is 82.5 Å². The molecular weight excluding hydrogens is 392 g/mol. The summed E-state index contributed by atoms with van der Waals surface area (Å²) in [5.74, 6) is 0.413. The van der Waals surface area contributed by atoms with Crippen LogP contribution in [0.25, 0.3) is 11.1 Å². The van der Waals surface area contributed by atoms with Crippen molar-refractivity contribution in [3.63, 3.8) is 0 Å². The lowest BCUT2D eigenvalue weighted by molar-refractivity contribution is -0.118. The molecule has 1 fully saturated rings. The maximum Gasteiger partial charge on any atom is 0.272 e. The standard InChI is InChI=1S/C24H24N4O3/c29-23-9-11-25-22(28(23)26-13-15-31-16-14-26)17-24(30)27-12-10-20-19(7-4-8-21(20)27)18-5-2-1-3-6-18/h1-9,11H,10,12-17H2. The van der Waals surface area contributed by atoms with Crippen molar-refractivity contribution in [3.8, 4) is 11.1 Å². The first-order valence-electron chi connectivity index (χ1n) is 10.6. The largest absolute Gasteiger partial charge is 0.378 e. The average molecular weight is 416 g/mol. The van der Waals surface area contributed by atoms with Gasteiger partial charge in [0.25, 0.3) is 5.56 Å². The number of rotatable bonds is 4. The van der Waals surface area contributed by atoms with E-state index < -0.39 is 0 Å². The molecule has 1 amide bonds. The predicted molar refractivity (Wildman–Crippen MR) is 119 cm³/mol. The lowest BCUT2D eigenvalue weighted by Crippen LogP contribution is -2.50. The van der Waals surface area contributed by atoms with Crippen LogP contribution in [-0.2, 0) is 22.4 Å². The Morgan fingerprint density at radius 1 is 0.968 bits per heavy atom. The third-order valence-corrected chi connectivity index (χ3v) is 5.89. The maximum atomic E-state index is 13.3. The van der Waals surface area contributed by atoms with Gasteiger partial charge >= 0.3 is 0 Å². The smallest absolute Gasteiger partial charge is 0.272 e. The Labute approximate surface area is 180 Å². The van der Waals surface area contributed by atoms with Crippen LogP contribution >= 0.6 is 0 Å². The molecule has 7 heteroatoms. The van der Waals surface area contributed by atoms with E-state index in [1.165, 1.54) is 22.5 Å². The van der Waals surface area contributed by atoms with Gasteiger partial charge in [-0.05, 0) is 29.2 Å². The molecule has 31 heavy (non-hydrogen) atoms. The Hall–Kier alpha value is -3.45. The van der Waals surface area contributed by atoms with Crippen molar-refractivity contribution in [1.82, 2.24) is 9.66 Å². The SMILES string of the molecule is O=C(Cc1nccc(=O)n1N1CCOCC1)N1CCc2c(-c3ccccc3)cccc21. The van der Waals surface area contributed by atoms with Crippen LogP contribution in [0, 0.1) is 0 Å². The predicted octanol–water partition coefficient (Wildman–Crippen LogP) is 2.01. The van der Waals surface area contributed by atoms with Gasteiger partial charge in [-0.25, -0.2) is 9.66 Å². The van der Waals surface area contributed by atoms with E-state index in [1.807, 2.05) is 40.2 Å². The molecule has 3 aromatic rings. The number of anilines is 1. The molecule has 0 bridgehead atoms. The minimum atomic E-state index is -0.173. The van der Waals surface area contributed by atoms with Crippen molar-refractivity contribution >= 4 is 11.6 Å². The average Bonchev–Trinajstić information content (AvgIpc) is 3.25. The third-order valence-electron chi connectivity index (χ3n) is 5.89. The molecule has 0 spiro atoms. The number of ether oxygens (including phenoxy) is 1. The Morgan fingerprint density at radius 3 is 2.58 bits per heavy atom. The molecule has 2 aliphatic heterocycles. The van der Waals surface area contributed by atoms with Crippen LogP contribution in [0.1, 0.15) is 11.4 Å². The first kappa shape index (κ1) is 19.5. The summed E-state index contributed by atoms with van der Waals surface area (Å²) < 4.78 is 6.94. The Morgan fingerprint density at radius 2 is 1.77 bits per heavy atom. The van der Waals surface area contributed by atoms with Gasteiger partial charge in [-0.3, -0.25) is 9.59 Å². The van der Waals surface area contributed by atoms with Crippen LogP contribution in [0.4, 0.5) is 5.69 Å². The number of amides is 1. The highest BCUT2D eigenvalue weighted by atomic mass is 16.5. The Kier molecular flexibility index (Phi) is 5.26. The van der Waals surface area contributed by atoms with Crippen molar-refractivity contribution in [2.24, 2.45) is 0 Å². The van der Waals surface area contributed by atoms with Crippen molar-refractivity contribution < 1.29 is 9.53 Å². The topological polar surface area (TPSA) is 67.7 Å². The summed E-state index contributed by atoms with van der Waals surface area (Å²) in [5, 5.41) is 1.91. The minimum Gasteiger partial charge on any atom is -0.378 e. The van der Waals surface area contributed by atoms with Gasteiger partial charge in [-0.2, -0.15) is 0 Å².